The highest BCUT2D eigenvalue weighted by molar-refractivity contribution is 5.99. The Morgan fingerprint density at radius 3 is 2.52 bits per heavy atom. The lowest BCUT2D eigenvalue weighted by atomic mass is 10.1. The number of piperazine rings is 1. The van der Waals surface area contributed by atoms with Gasteiger partial charge in [0.05, 0.1) is 19.6 Å². The average molecular weight is 455 g/mol. The molecular weight excluding hydrogens is 424 g/mol. The van der Waals surface area contributed by atoms with E-state index in [1.54, 1.807) is 24.3 Å². The van der Waals surface area contributed by atoms with Gasteiger partial charge in [-0.3, -0.25) is 14.4 Å². The molecule has 0 saturated carbocycles. The summed E-state index contributed by atoms with van der Waals surface area (Å²) in [5, 5.41) is 2.73. The molecule has 0 spiro atoms. The Kier molecular flexibility index (Phi) is 9.26. The molecule has 1 atom stereocenters. The molecule has 1 aliphatic rings. The second-order valence-corrected chi connectivity index (χ2v) is 7.54. The van der Waals surface area contributed by atoms with Gasteiger partial charge in [0.1, 0.15) is 18.4 Å². The highest BCUT2D eigenvalue weighted by Gasteiger charge is 2.35. The van der Waals surface area contributed by atoms with Crippen LogP contribution in [0.15, 0.2) is 54.6 Å². The molecule has 0 radical (unpaired) electrons. The number of hydrogen-bond donors (Lipinski definition) is 1. The average Bonchev–Trinajstić information content (AvgIpc) is 2.84. The molecule has 0 aromatic heterocycles. The van der Waals surface area contributed by atoms with Gasteiger partial charge in [-0.25, -0.2) is 0 Å². The van der Waals surface area contributed by atoms with E-state index in [1.165, 1.54) is 4.90 Å². The summed E-state index contributed by atoms with van der Waals surface area (Å²) in [6, 6.07) is 15.5. The molecule has 1 N–H and O–H groups in total. The van der Waals surface area contributed by atoms with E-state index < -0.39 is 12.0 Å². The van der Waals surface area contributed by atoms with Crippen LogP contribution in [0, 0.1) is 0 Å². The van der Waals surface area contributed by atoms with Gasteiger partial charge in [-0.1, -0.05) is 30.3 Å². The largest absolute Gasteiger partial charge is 0.491 e. The Balaban J connectivity index is 1.55. The zero-order chi connectivity index (χ0) is 23.5. The second-order valence-electron chi connectivity index (χ2n) is 7.54. The molecule has 8 heteroatoms. The van der Waals surface area contributed by atoms with Crippen LogP contribution in [0.2, 0.25) is 0 Å². The molecule has 176 valence electrons. The van der Waals surface area contributed by atoms with E-state index >= 15 is 0 Å². The van der Waals surface area contributed by atoms with E-state index in [-0.39, 0.29) is 24.8 Å². The number of nitrogens with zero attached hydrogens (tertiary/aromatic N) is 1. The predicted octanol–water partition coefficient (Wildman–Crippen LogP) is 2.22. The third-order valence-corrected chi connectivity index (χ3v) is 5.25. The van der Waals surface area contributed by atoms with Gasteiger partial charge in [0.15, 0.2) is 0 Å². The van der Waals surface area contributed by atoms with Crippen LogP contribution in [-0.4, -0.2) is 68.2 Å². The summed E-state index contributed by atoms with van der Waals surface area (Å²) in [5.74, 6) is -0.552. The zero-order valence-corrected chi connectivity index (χ0v) is 18.8. The van der Waals surface area contributed by atoms with Gasteiger partial charge in [-0.2, -0.15) is 0 Å². The quantitative estimate of drug-likeness (QED) is 0.413. The van der Waals surface area contributed by atoms with E-state index in [4.69, 9.17) is 14.2 Å². The van der Waals surface area contributed by atoms with E-state index in [1.807, 2.05) is 37.3 Å². The van der Waals surface area contributed by atoms with Crippen molar-refractivity contribution < 1.29 is 28.6 Å². The molecule has 2 aromatic carbocycles. The number of carbonyl (C=O) groups excluding carboxylic acids is 3. The molecule has 1 fully saturated rings. The fourth-order valence-electron chi connectivity index (χ4n) is 3.53. The van der Waals surface area contributed by atoms with Crippen LogP contribution >= 0.6 is 0 Å². The van der Waals surface area contributed by atoms with Gasteiger partial charge in [0.25, 0.3) is 5.91 Å². The first-order valence-electron chi connectivity index (χ1n) is 11.2. The van der Waals surface area contributed by atoms with Crippen molar-refractivity contribution in [1.82, 2.24) is 10.2 Å². The summed E-state index contributed by atoms with van der Waals surface area (Å²) in [6.07, 6.45) is 0.399. The Morgan fingerprint density at radius 2 is 1.79 bits per heavy atom. The number of ether oxygens (including phenoxy) is 3. The summed E-state index contributed by atoms with van der Waals surface area (Å²) >= 11 is 0. The lowest BCUT2D eigenvalue weighted by molar-refractivity contribution is -0.147. The van der Waals surface area contributed by atoms with Gasteiger partial charge < -0.3 is 24.4 Å². The van der Waals surface area contributed by atoms with Gasteiger partial charge in [0.2, 0.25) is 5.91 Å². The minimum atomic E-state index is -0.905. The number of esters is 1. The SMILES string of the molecule is CCOCCOc1ccc(C(=O)N2CCNC(=O)C2CC(=O)OCCc2ccccc2)cc1. The van der Waals surface area contributed by atoms with Gasteiger partial charge in [0, 0.05) is 31.7 Å². The number of nitrogens with one attached hydrogen (secondary N) is 1. The van der Waals surface area contributed by atoms with Crippen molar-refractivity contribution in [2.45, 2.75) is 25.8 Å². The van der Waals surface area contributed by atoms with E-state index in [0.717, 1.165) is 5.56 Å². The Morgan fingerprint density at radius 1 is 1.03 bits per heavy atom. The summed E-state index contributed by atoms with van der Waals surface area (Å²) in [7, 11) is 0. The number of rotatable bonds is 11. The normalized spacial score (nSPS) is 15.6. The molecule has 2 aromatic rings. The fraction of sp³-hybridized carbons (Fsp3) is 0.400. The van der Waals surface area contributed by atoms with Gasteiger partial charge in [-0.05, 0) is 36.8 Å². The first kappa shape index (κ1) is 24.3. The Bertz CT molecular complexity index is 916. The Hall–Kier alpha value is -3.39. The minimum Gasteiger partial charge on any atom is -0.491 e. The molecule has 1 saturated heterocycles. The molecule has 8 nitrogen and oxygen atoms in total. The highest BCUT2D eigenvalue weighted by atomic mass is 16.5. The minimum absolute atomic E-state index is 0.189. The van der Waals surface area contributed by atoms with Crippen molar-refractivity contribution in [3.05, 3.63) is 65.7 Å². The molecule has 0 aliphatic carbocycles. The third kappa shape index (κ3) is 7.32. The summed E-state index contributed by atoms with van der Waals surface area (Å²) < 4.78 is 16.1. The van der Waals surface area contributed by atoms with Crippen LogP contribution in [0.5, 0.6) is 5.75 Å². The standard InChI is InChI=1S/C25H30N2O6/c1-2-31-16-17-32-21-10-8-20(9-11-21)25(30)27-14-13-26-24(29)22(27)18-23(28)33-15-12-19-6-4-3-5-7-19/h3-11,22H,2,12-18H2,1H3,(H,26,29). The summed E-state index contributed by atoms with van der Waals surface area (Å²) in [6.45, 7) is 4.32. The molecule has 33 heavy (non-hydrogen) atoms. The van der Waals surface area contributed by atoms with Crippen LogP contribution in [0.25, 0.3) is 0 Å². The first-order valence-corrected chi connectivity index (χ1v) is 11.2. The zero-order valence-electron chi connectivity index (χ0n) is 18.8. The van der Waals surface area contributed by atoms with Crippen molar-refractivity contribution in [3.8, 4) is 5.75 Å². The van der Waals surface area contributed by atoms with E-state index in [0.29, 0.717) is 50.6 Å². The number of hydrogen-bond acceptors (Lipinski definition) is 6. The molecule has 0 bridgehead atoms. The maximum atomic E-state index is 13.1. The molecule has 1 heterocycles. The van der Waals surface area contributed by atoms with Crippen LogP contribution < -0.4 is 10.1 Å². The van der Waals surface area contributed by atoms with Crippen molar-refractivity contribution >= 4 is 17.8 Å². The summed E-state index contributed by atoms with van der Waals surface area (Å²) in [4.78, 5) is 39.3. The van der Waals surface area contributed by atoms with E-state index in [2.05, 4.69) is 5.32 Å². The third-order valence-electron chi connectivity index (χ3n) is 5.25. The molecule has 1 unspecified atom stereocenters. The molecule has 2 amide bonds. The lowest BCUT2D eigenvalue weighted by Crippen LogP contribution is -2.57. The second kappa shape index (κ2) is 12.6. The van der Waals surface area contributed by atoms with Crippen LogP contribution in [0.4, 0.5) is 0 Å². The van der Waals surface area contributed by atoms with Crippen molar-refractivity contribution in [3.63, 3.8) is 0 Å². The van der Waals surface area contributed by atoms with Crippen LogP contribution in [0.1, 0.15) is 29.3 Å². The highest BCUT2D eigenvalue weighted by Crippen LogP contribution is 2.18. The topological polar surface area (TPSA) is 94.2 Å². The summed E-state index contributed by atoms with van der Waals surface area (Å²) in [5.41, 5.74) is 1.48. The van der Waals surface area contributed by atoms with E-state index in [9.17, 15) is 14.4 Å². The van der Waals surface area contributed by atoms with Gasteiger partial charge >= 0.3 is 5.97 Å². The molecule has 1 aliphatic heterocycles. The monoisotopic (exact) mass is 454 g/mol. The fourth-order valence-corrected chi connectivity index (χ4v) is 3.53. The number of amides is 2. The number of carbonyl (C=O) groups is 3. The molecular formula is C25H30N2O6. The molecule has 3 rings (SSSR count). The smallest absolute Gasteiger partial charge is 0.308 e. The first-order chi connectivity index (χ1) is 16.1. The number of benzene rings is 2. The van der Waals surface area contributed by atoms with Gasteiger partial charge in [-0.15, -0.1) is 0 Å². The maximum Gasteiger partial charge on any atom is 0.308 e. The van der Waals surface area contributed by atoms with Crippen molar-refractivity contribution in [2.75, 3.05) is 39.5 Å². The van der Waals surface area contributed by atoms with Crippen LogP contribution in [-0.2, 0) is 25.5 Å². The van der Waals surface area contributed by atoms with Crippen LogP contribution in [0.3, 0.4) is 0 Å². The maximum absolute atomic E-state index is 13.1. The predicted molar refractivity (Wildman–Crippen MR) is 122 cm³/mol. The lowest BCUT2D eigenvalue weighted by Gasteiger charge is -2.34. The van der Waals surface area contributed by atoms with Crippen molar-refractivity contribution in [2.24, 2.45) is 0 Å². The van der Waals surface area contributed by atoms with Crippen molar-refractivity contribution in [1.29, 1.82) is 0 Å². The Labute approximate surface area is 193 Å².